The summed E-state index contributed by atoms with van der Waals surface area (Å²) >= 11 is 0. The van der Waals surface area contributed by atoms with Gasteiger partial charge in [0.05, 0.1) is 0 Å². The maximum atomic E-state index is 3.52. The van der Waals surface area contributed by atoms with Crippen LogP contribution in [0, 0.1) is 11.3 Å². The van der Waals surface area contributed by atoms with Gasteiger partial charge in [0, 0.05) is 6.54 Å². The van der Waals surface area contributed by atoms with E-state index in [9.17, 15) is 0 Å². The lowest BCUT2D eigenvalue weighted by molar-refractivity contribution is 0.0575. The zero-order valence-corrected chi connectivity index (χ0v) is 14.7. The van der Waals surface area contributed by atoms with E-state index in [-0.39, 0.29) is 0 Å². The summed E-state index contributed by atoms with van der Waals surface area (Å²) in [5.41, 5.74) is 0.717. The lowest BCUT2D eigenvalue weighted by Crippen LogP contribution is -2.47. The Morgan fingerprint density at radius 1 is 0.905 bits per heavy atom. The standard InChI is InChI=1S/C16H31N3.C2H6/c1-18-10-2-15(3-11-18)14-19-12-6-16(7-13-19)4-8-17-9-5-16;1-2/h15,17H,2-14H2,1H3;1-2H3. The fraction of sp³-hybridized carbons (Fsp3) is 1.00. The molecule has 3 saturated heterocycles. The molecule has 0 atom stereocenters. The smallest absolute Gasteiger partial charge is 0.00106 e. The van der Waals surface area contributed by atoms with E-state index < -0.39 is 0 Å². The van der Waals surface area contributed by atoms with Gasteiger partial charge in [-0.15, -0.1) is 0 Å². The van der Waals surface area contributed by atoms with Crippen molar-refractivity contribution in [2.24, 2.45) is 11.3 Å². The molecule has 1 N–H and O–H groups in total. The number of likely N-dealkylation sites (tertiary alicyclic amines) is 2. The van der Waals surface area contributed by atoms with Crippen LogP contribution in [0.2, 0.25) is 0 Å². The van der Waals surface area contributed by atoms with E-state index in [0.29, 0.717) is 5.41 Å². The Kier molecular flexibility index (Phi) is 6.97. The molecule has 0 aromatic heterocycles. The predicted molar refractivity (Wildman–Crippen MR) is 91.8 cm³/mol. The quantitative estimate of drug-likeness (QED) is 0.845. The molecule has 3 heteroatoms. The summed E-state index contributed by atoms with van der Waals surface area (Å²) in [5, 5.41) is 3.52. The molecule has 124 valence electrons. The van der Waals surface area contributed by atoms with Gasteiger partial charge in [-0.1, -0.05) is 13.8 Å². The average Bonchev–Trinajstić information content (AvgIpc) is 2.55. The second kappa shape index (κ2) is 8.50. The molecule has 0 radical (unpaired) electrons. The Bertz CT molecular complexity index is 268. The van der Waals surface area contributed by atoms with Crippen LogP contribution in [0.3, 0.4) is 0 Å². The summed E-state index contributed by atoms with van der Waals surface area (Å²) in [6.45, 7) is 13.3. The van der Waals surface area contributed by atoms with Crippen LogP contribution in [-0.4, -0.2) is 62.7 Å². The Balaban J connectivity index is 0.000000774. The van der Waals surface area contributed by atoms with Gasteiger partial charge >= 0.3 is 0 Å². The van der Waals surface area contributed by atoms with Crippen LogP contribution in [-0.2, 0) is 0 Å². The number of hydrogen-bond acceptors (Lipinski definition) is 3. The van der Waals surface area contributed by atoms with E-state index in [0.717, 1.165) is 5.92 Å². The van der Waals surface area contributed by atoms with Crippen LogP contribution < -0.4 is 5.32 Å². The van der Waals surface area contributed by atoms with Crippen LogP contribution in [0.1, 0.15) is 52.4 Å². The Morgan fingerprint density at radius 3 is 2.05 bits per heavy atom. The lowest BCUT2D eigenvalue weighted by Gasteiger charge is -2.45. The monoisotopic (exact) mass is 295 g/mol. The summed E-state index contributed by atoms with van der Waals surface area (Å²) < 4.78 is 0. The maximum Gasteiger partial charge on any atom is 0.00106 e. The first-order valence-electron chi connectivity index (χ1n) is 9.37. The summed E-state index contributed by atoms with van der Waals surface area (Å²) in [6.07, 6.45) is 8.61. The minimum Gasteiger partial charge on any atom is -0.317 e. The molecule has 1 spiro atoms. The third kappa shape index (κ3) is 4.94. The highest BCUT2D eigenvalue weighted by atomic mass is 15.1. The molecular formula is C18H37N3. The first-order valence-corrected chi connectivity index (χ1v) is 9.37. The molecule has 0 amide bonds. The topological polar surface area (TPSA) is 18.5 Å². The highest BCUT2D eigenvalue weighted by Gasteiger charge is 2.35. The van der Waals surface area contributed by atoms with Gasteiger partial charge in [-0.05, 0) is 96.2 Å². The molecule has 0 unspecified atom stereocenters. The summed E-state index contributed by atoms with van der Waals surface area (Å²) in [6, 6.07) is 0. The SMILES string of the molecule is CC.CN1CCC(CN2CCC3(CCNCC3)CC2)CC1. The van der Waals surface area contributed by atoms with Gasteiger partial charge in [-0.25, -0.2) is 0 Å². The van der Waals surface area contributed by atoms with Crippen molar-refractivity contribution in [1.82, 2.24) is 15.1 Å². The molecule has 0 aromatic rings. The zero-order valence-electron chi connectivity index (χ0n) is 14.7. The Hall–Kier alpha value is -0.120. The molecule has 21 heavy (non-hydrogen) atoms. The minimum atomic E-state index is 0.717. The van der Waals surface area contributed by atoms with Crippen molar-refractivity contribution in [3.8, 4) is 0 Å². The molecule has 3 heterocycles. The van der Waals surface area contributed by atoms with Crippen molar-refractivity contribution in [1.29, 1.82) is 0 Å². The number of piperidine rings is 3. The second-order valence-corrected chi connectivity index (χ2v) is 7.30. The predicted octanol–water partition coefficient (Wildman–Crippen LogP) is 2.82. The highest BCUT2D eigenvalue weighted by Crippen LogP contribution is 2.39. The molecular weight excluding hydrogens is 258 g/mol. The van der Waals surface area contributed by atoms with Crippen LogP contribution in [0.25, 0.3) is 0 Å². The third-order valence-electron chi connectivity index (χ3n) is 5.94. The Labute approximate surface area is 132 Å². The first kappa shape index (κ1) is 17.2. The van der Waals surface area contributed by atoms with Gasteiger partial charge in [0.25, 0.3) is 0 Å². The van der Waals surface area contributed by atoms with E-state index in [1.807, 2.05) is 13.8 Å². The molecule has 3 aliphatic rings. The molecule has 0 aliphatic carbocycles. The number of nitrogens with zero attached hydrogens (tertiary/aromatic N) is 2. The first-order chi connectivity index (χ1) is 10.3. The van der Waals surface area contributed by atoms with Crippen molar-refractivity contribution in [3.63, 3.8) is 0 Å². The van der Waals surface area contributed by atoms with Gasteiger partial charge in [-0.3, -0.25) is 0 Å². The average molecular weight is 296 g/mol. The molecule has 0 aromatic carbocycles. The number of rotatable bonds is 2. The largest absolute Gasteiger partial charge is 0.317 e. The van der Waals surface area contributed by atoms with E-state index in [1.54, 1.807) is 0 Å². The summed E-state index contributed by atoms with van der Waals surface area (Å²) in [7, 11) is 2.26. The van der Waals surface area contributed by atoms with Crippen LogP contribution in [0.15, 0.2) is 0 Å². The fourth-order valence-electron chi connectivity index (χ4n) is 4.28. The molecule has 0 saturated carbocycles. The van der Waals surface area contributed by atoms with Gasteiger partial charge in [0.1, 0.15) is 0 Å². The van der Waals surface area contributed by atoms with Crippen molar-refractivity contribution in [2.45, 2.75) is 52.4 Å². The van der Waals surface area contributed by atoms with E-state index in [1.165, 1.54) is 84.3 Å². The van der Waals surface area contributed by atoms with Gasteiger partial charge in [-0.2, -0.15) is 0 Å². The number of nitrogens with one attached hydrogen (secondary N) is 1. The van der Waals surface area contributed by atoms with Gasteiger partial charge in [0.2, 0.25) is 0 Å². The molecule has 3 rings (SSSR count). The summed E-state index contributed by atoms with van der Waals surface area (Å²) in [4.78, 5) is 5.25. The van der Waals surface area contributed by atoms with E-state index in [4.69, 9.17) is 0 Å². The lowest BCUT2D eigenvalue weighted by atomic mass is 9.71. The highest BCUT2D eigenvalue weighted by molar-refractivity contribution is 4.90. The van der Waals surface area contributed by atoms with Crippen molar-refractivity contribution < 1.29 is 0 Å². The molecule has 3 fully saturated rings. The Morgan fingerprint density at radius 2 is 1.48 bits per heavy atom. The van der Waals surface area contributed by atoms with Crippen LogP contribution >= 0.6 is 0 Å². The van der Waals surface area contributed by atoms with Crippen LogP contribution in [0.4, 0.5) is 0 Å². The third-order valence-corrected chi connectivity index (χ3v) is 5.94. The maximum absolute atomic E-state index is 3.52. The normalized spacial score (nSPS) is 28.1. The minimum absolute atomic E-state index is 0.717. The van der Waals surface area contributed by atoms with Crippen molar-refractivity contribution in [2.75, 3.05) is 52.9 Å². The van der Waals surface area contributed by atoms with Gasteiger partial charge in [0.15, 0.2) is 0 Å². The van der Waals surface area contributed by atoms with Crippen molar-refractivity contribution >= 4 is 0 Å². The van der Waals surface area contributed by atoms with Crippen LogP contribution in [0.5, 0.6) is 0 Å². The van der Waals surface area contributed by atoms with E-state index >= 15 is 0 Å². The van der Waals surface area contributed by atoms with Crippen molar-refractivity contribution in [3.05, 3.63) is 0 Å². The zero-order chi connectivity index (χ0) is 15.1. The second-order valence-electron chi connectivity index (χ2n) is 7.30. The van der Waals surface area contributed by atoms with E-state index in [2.05, 4.69) is 22.2 Å². The molecule has 0 bridgehead atoms. The molecule has 3 aliphatic heterocycles. The van der Waals surface area contributed by atoms with Gasteiger partial charge < -0.3 is 15.1 Å². The number of hydrogen-bond donors (Lipinski definition) is 1. The molecule has 3 nitrogen and oxygen atoms in total. The summed E-state index contributed by atoms with van der Waals surface area (Å²) in [5.74, 6) is 0.971. The fourth-order valence-corrected chi connectivity index (χ4v) is 4.28.